The molecule has 0 atom stereocenters. The van der Waals surface area contributed by atoms with E-state index >= 15 is 0 Å². The van der Waals surface area contributed by atoms with Crippen LogP contribution in [0.4, 0.5) is 52.7 Å². The molecular weight excluding hydrogens is 572 g/mol. The van der Waals surface area contributed by atoms with Crippen LogP contribution in [0.25, 0.3) is 0 Å². The predicted molar refractivity (Wildman–Crippen MR) is 63.3 cm³/mol. The number of carboxylic acid groups (broad SMARTS) is 2. The van der Waals surface area contributed by atoms with Gasteiger partial charge in [-0.15, -0.1) is 0 Å². The second-order valence-corrected chi connectivity index (χ2v) is 6.26. The SMILES string of the molecule is O=C([O-])C(Br)(C(F)(F)F)C(F)(F)F.O=C([O-])C(Br)(C(F)(F)F)C(F)(F)F.[Mg+2]. The Bertz CT molecular complexity index is 461. The molecule has 0 aromatic heterocycles. The van der Waals surface area contributed by atoms with Gasteiger partial charge in [-0.1, -0.05) is 31.9 Å². The van der Waals surface area contributed by atoms with E-state index in [-0.39, 0.29) is 23.1 Å². The summed E-state index contributed by atoms with van der Waals surface area (Å²) in [5, 5.41) is 19.4. The van der Waals surface area contributed by atoms with Crippen LogP contribution in [0.1, 0.15) is 0 Å². The molecule has 0 aliphatic rings. The Balaban J connectivity index is -0.000000411. The molecule has 0 amide bonds. The number of carbonyl (C=O) groups excluding carboxylic acids is 2. The zero-order valence-electron chi connectivity index (χ0n) is 11.6. The molecule has 0 radical (unpaired) electrons. The van der Waals surface area contributed by atoms with Crippen LogP contribution in [0.5, 0.6) is 0 Å². The summed E-state index contributed by atoms with van der Waals surface area (Å²) < 4.78 is 130. The summed E-state index contributed by atoms with van der Waals surface area (Å²) in [6.07, 6.45) is -24.0. The molecule has 0 unspecified atom stereocenters. The van der Waals surface area contributed by atoms with E-state index < -0.39 is 45.3 Å². The van der Waals surface area contributed by atoms with Crippen molar-refractivity contribution in [2.45, 2.75) is 33.4 Å². The van der Waals surface area contributed by atoms with Gasteiger partial charge in [-0.05, 0) is 0 Å². The van der Waals surface area contributed by atoms with Crippen LogP contribution in [0.2, 0.25) is 0 Å². The molecule has 0 fully saturated rings. The molecule has 0 rings (SSSR count). The van der Waals surface area contributed by atoms with E-state index in [4.69, 9.17) is 0 Å². The van der Waals surface area contributed by atoms with Crippen LogP contribution >= 0.6 is 31.9 Å². The van der Waals surface area contributed by atoms with E-state index in [9.17, 15) is 72.5 Å². The van der Waals surface area contributed by atoms with Crippen LogP contribution in [-0.4, -0.2) is 68.3 Å². The second kappa shape index (κ2) is 9.10. The van der Waals surface area contributed by atoms with Crippen molar-refractivity contribution in [2.24, 2.45) is 0 Å². The third-order valence-corrected chi connectivity index (χ3v) is 4.57. The average Bonchev–Trinajstić information content (AvgIpc) is 2.31. The summed E-state index contributed by atoms with van der Waals surface area (Å²) in [6, 6.07) is 0. The van der Waals surface area contributed by atoms with E-state index in [1.54, 1.807) is 0 Å². The molecule has 0 aromatic rings. The number of rotatable bonds is 2. The largest absolute Gasteiger partial charge is 2.00 e. The molecule has 156 valence electrons. The minimum atomic E-state index is -6.01. The molecule has 0 aromatic carbocycles. The molecule has 0 saturated heterocycles. The summed E-state index contributed by atoms with van der Waals surface area (Å²) in [7, 11) is 0. The van der Waals surface area contributed by atoms with Crippen molar-refractivity contribution in [3.63, 3.8) is 0 Å². The first-order valence-corrected chi connectivity index (χ1v) is 6.55. The number of hydrogen-bond donors (Lipinski definition) is 0. The first-order chi connectivity index (χ1) is 10.9. The Morgan fingerprint density at radius 1 is 0.519 bits per heavy atom. The average molecular weight is 572 g/mol. The van der Waals surface area contributed by atoms with Crippen LogP contribution in [0.15, 0.2) is 0 Å². The van der Waals surface area contributed by atoms with Gasteiger partial charge < -0.3 is 19.8 Å². The molecule has 0 aliphatic carbocycles. The van der Waals surface area contributed by atoms with Crippen LogP contribution in [0, 0.1) is 0 Å². The van der Waals surface area contributed by atoms with Crippen molar-refractivity contribution >= 4 is 66.9 Å². The molecule has 0 N–H and O–H groups in total. The number of aliphatic carboxylic acids is 2. The van der Waals surface area contributed by atoms with E-state index in [1.165, 1.54) is 0 Å². The van der Waals surface area contributed by atoms with E-state index in [0.29, 0.717) is 0 Å². The summed E-state index contributed by atoms with van der Waals surface area (Å²) in [5.41, 5.74) is 0. The fraction of sp³-hybridized carbons (Fsp3) is 0.750. The Kier molecular flexibility index (Phi) is 10.6. The zero-order valence-corrected chi connectivity index (χ0v) is 16.2. The van der Waals surface area contributed by atoms with Gasteiger partial charge >= 0.3 is 47.8 Å². The van der Waals surface area contributed by atoms with Crippen molar-refractivity contribution in [2.75, 3.05) is 0 Å². The van der Waals surface area contributed by atoms with Crippen molar-refractivity contribution in [1.82, 2.24) is 0 Å². The van der Waals surface area contributed by atoms with Crippen LogP contribution in [0.3, 0.4) is 0 Å². The van der Waals surface area contributed by atoms with Crippen LogP contribution < -0.4 is 10.2 Å². The molecule has 0 spiro atoms. The number of halogens is 14. The quantitative estimate of drug-likeness (QED) is 0.287. The Hall–Kier alpha value is -0.174. The van der Waals surface area contributed by atoms with Gasteiger partial charge in [0.15, 0.2) is 0 Å². The Morgan fingerprint density at radius 3 is 0.630 bits per heavy atom. The van der Waals surface area contributed by atoms with Gasteiger partial charge in [0.25, 0.3) is 8.65 Å². The molecule has 0 bridgehead atoms. The van der Waals surface area contributed by atoms with E-state index in [2.05, 4.69) is 0 Å². The minimum Gasteiger partial charge on any atom is -0.548 e. The van der Waals surface area contributed by atoms with Crippen molar-refractivity contribution in [3.05, 3.63) is 0 Å². The Labute approximate surface area is 172 Å². The smallest absolute Gasteiger partial charge is 0.548 e. The van der Waals surface area contributed by atoms with Gasteiger partial charge in [-0.25, -0.2) is 0 Å². The van der Waals surface area contributed by atoms with Crippen LogP contribution in [-0.2, 0) is 9.59 Å². The van der Waals surface area contributed by atoms with E-state index in [0.717, 1.165) is 31.9 Å². The maximum Gasteiger partial charge on any atom is 2.00 e. The van der Waals surface area contributed by atoms with E-state index in [1.807, 2.05) is 0 Å². The molecule has 4 nitrogen and oxygen atoms in total. The topological polar surface area (TPSA) is 80.3 Å². The normalized spacial score (nSPS) is 13.9. The number of carboxylic acids is 2. The maximum atomic E-state index is 11.7. The third kappa shape index (κ3) is 6.41. The summed E-state index contributed by atoms with van der Waals surface area (Å²) >= 11 is 2.16. The molecule has 19 heteroatoms. The monoisotopic (exact) mass is 570 g/mol. The summed E-state index contributed by atoms with van der Waals surface area (Å²) in [5.74, 6) is -6.60. The maximum absolute atomic E-state index is 11.7. The van der Waals surface area contributed by atoms with Gasteiger partial charge in [0.1, 0.15) is 0 Å². The summed E-state index contributed by atoms with van der Waals surface area (Å²) in [6.45, 7) is 0. The van der Waals surface area contributed by atoms with Crippen molar-refractivity contribution in [3.8, 4) is 0 Å². The predicted octanol–water partition coefficient (Wildman–Crippen LogP) is 1.61. The second-order valence-electron chi connectivity index (χ2n) is 3.88. The number of hydrogen-bond acceptors (Lipinski definition) is 4. The Morgan fingerprint density at radius 2 is 0.630 bits per heavy atom. The molecule has 0 heterocycles. The fourth-order valence-electron chi connectivity index (χ4n) is 0.784. The summed E-state index contributed by atoms with van der Waals surface area (Å²) in [4.78, 5) is 19.4. The standard InChI is InChI=1S/2C4HBrF6O2.Mg/c2*5-2(1(12)13,3(6,7)8)4(9,10)11;/h2*(H,12,13);/q;;+2/p-2. The molecule has 0 saturated carbocycles. The van der Waals surface area contributed by atoms with Gasteiger partial charge in [-0.2, -0.15) is 52.7 Å². The molecular formula is C8Br2F12MgO4. The molecule has 27 heavy (non-hydrogen) atoms. The zero-order chi connectivity index (χ0) is 22.2. The fourth-order valence-corrected chi connectivity index (χ4v) is 0.784. The van der Waals surface area contributed by atoms with Gasteiger partial charge in [0.05, 0.1) is 11.9 Å². The van der Waals surface area contributed by atoms with Crippen molar-refractivity contribution < 1.29 is 72.5 Å². The minimum absolute atomic E-state index is 0. The first kappa shape index (κ1) is 31.5. The van der Waals surface area contributed by atoms with Crippen molar-refractivity contribution in [1.29, 1.82) is 0 Å². The van der Waals surface area contributed by atoms with Gasteiger partial charge in [0.2, 0.25) is 0 Å². The molecule has 0 aliphatic heterocycles. The first-order valence-electron chi connectivity index (χ1n) is 4.96. The number of carbonyl (C=O) groups is 2. The number of alkyl halides is 14. The van der Waals surface area contributed by atoms with Gasteiger partial charge in [0, 0.05) is 0 Å². The third-order valence-electron chi connectivity index (χ3n) is 2.13. The van der Waals surface area contributed by atoms with Gasteiger partial charge in [-0.3, -0.25) is 0 Å².